The van der Waals surface area contributed by atoms with E-state index < -0.39 is 20.4 Å². The molecule has 0 rings (SSSR count). The first-order valence-electron chi connectivity index (χ1n) is 8.09. The van der Waals surface area contributed by atoms with E-state index in [0.717, 1.165) is 19.3 Å². The van der Waals surface area contributed by atoms with Crippen LogP contribution in [0.15, 0.2) is 12.2 Å². The van der Waals surface area contributed by atoms with Crippen LogP contribution in [0.25, 0.3) is 0 Å². The van der Waals surface area contributed by atoms with Crippen LogP contribution in [-0.2, 0) is 14.0 Å². The zero-order valence-electron chi connectivity index (χ0n) is 15.4. The molecule has 0 radical (unpaired) electrons. The Kier molecular flexibility index (Phi) is 8.58. The molecule has 0 saturated carbocycles. The van der Waals surface area contributed by atoms with Crippen LogP contribution in [0.5, 0.6) is 0 Å². The molecule has 0 aliphatic rings. The number of methoxy groups -OCH3 is 1. The Hall–Kier alpha value is -0.653. The fourth-order valence-corrected chi connectivity index (χ4v) is 3.31. The Morgan fingerprint density at radius 2 is 1.86 bits per heavy atom. The van der Waals surface area contributed by atoms with Crippen molar-refractivity contribution in [3.8, 4) is 0 Å². The smallest absolute Gasteiger partial charge is 0.335 e. The third-order valence-electron chi connectivity index (χ3n) is 4.48. The molecular weight excluding hydrogens is 296 g/mol. The number of carbonyl (C=O) groups is 1. The molecule has 0 spiro atoms. The molecule has 1 N–H and O–H groups in total. The summed E-state index contributed by atoms with van der Waals surface area (Å²) in [6.45, 7) is 16.8. The van der Waals surface area contributed by atoms with Gasteiger partial charge in [0.25, 0.3) is 0 Å². The van der Waals surface area contributed by atoms with Crippen molar-refractivity contribution in [1.29, 1.82) is 0 Å². The van der Waals surface area contributed by atoms with Crippen molar-refractivity contribution >= 4 is 14.3 Å². The summed E-state index contributed by atoms with van der Waals surface area (Å²) in [5.74, 6) is -0.561. The molecule has 2 atom stereocenters. The van der Waals surface area contributed by atoms with Gasteiger partial charge in [-0.1, -0.05) is 47.1 Å². The lowest BCUT2D eigenvalue weighted by Crippen LogP contribution is -2.44. The summed E-state index contributed by atoms with van der Waals surface area (Å²) in [7, 11) is -0.619. The van der Waals surface area contributed by atoms with E-state index in [1.807, 2.05) is 0 Å². The van der Waals surface area contributed by atoms with Crippen molar-refractivity contribution in [3.63, 3.8) is 0 Å². The van der Waals surface area contributed by atoms with Gasteiger partial charge in [0.15, 0.2) is 8.32 Å². The van der Waals surface area contributed by atoms with Crippen LogP contribution < -0.4 is 0 Å². The van der Waals surface area contributed by atoms with E-state index in [0.29, 0.717) is 6.42 Å². The van der Waals surface area contributed by atoms with E-state index >= 15 is 0 Å². The second kappa shape index (κ2) is 8.84. The standard InChI is InChI=1S/C17H34O4Si/c1-9-10-11-14(21-22(7,8)17(3,4)5)12-15(18)13(2)16(19)20-6/h14-15,18H,2,9-12H2,1,3-8H3. The van der Waals surface area contributed by atoms with Gasteiger partial charge in [-0.05, 0) is 24.6 Å². The molecule has 0 aliphatic carbocycles. The average molecular weight is 331 g/mol. The zero-order chi connectivity index (χ0) is 17.6. The lowest BCUT2D eigenvalue weighted by Gasteiger charge is -2.40. The highest BCUT2D eigenvalue weighted by molar-refractivity contribution is 6.74. The number of aliphatic hydroxyl groups excluding tert-OH is 1. The number of aliphatic hydroxyl groups is 1. The molecule has 0 aromatic heterocycles. The Labute approximate surface area is 137 Å². The molecular formula is C17H34O4Si. The van der Waals surface area contributed by atoms with Crippen LogP contribution in [0.4, 0.5) is 0 Å². The summed E-state index contributed by atoms with van der Waals surface area (Å²) >= 11 is 0. The Bertz CT molecular complexity index is 371. The predicted molar refractivity (Wildman–Crippen MR) is 93.4 cm³/mol. The minimum Gasteiger partial charge on any atom is -0.466 e. The summed E-state index contributed by atoms with van der Waals surface area (Å²) < 4.78 is 11.0. The molecule has 0 bridgehead atoms. The fraction of sp³-hybridized carbons (Fsp3) is 0.824. The van der Waals surface area contributed by atoms with Gasteiger partial charge in [0.05, 0.1) is 18.8 Å². The van der Waals surface area contributed by atoms with E-state index in [1.165, 1.54) is 7.11 Å². The van der Waals surface area contributed by atoms with E-state index in [2.05, 4.69) is 52.1 Å². The van der Waals surface area contributed by atoms with Crippen molar-refractivity contribution < 1.29 is 19.1 Å². The van der Waals surface area contributed by atoms with Gasteiger partial charge in [-0.2, -0.15) is 0 Å². The monoisotopic (exact) mass is 330 g/mol. The normalized spacial score (nSPS) is 15.3. The SMILES string of the molecule is C=C(C(=O)OC)C(O)CC(CCCC)O[Si](C)(C)C(C)(C)C. The fourth-order valence-electron chi connectivity index (χ4n) is 1.91. The second-order valence-corrected chi connectivity index (χ2v) is 12.2. The van der Waals surface area contributed by atoms with Gasteiger partial charge in [-0.15, -0.1) is 0 Å². The van der Waals surface area contributed by atoms with Crippen LogP contribution in [0.1, 0.15) is 53.4 Å². The molecule has 0 aromatic rings. The van der Waals surface area contributed by atoms with Crippen molar-refractivity contribution in [2.45, 2.75) is 83.7 Å². The van der Waals surface area contributed by atoms with Crippen LogP contribution in [0.3, 0.4) is 0 Å². The van der Waals surface area contributed by atoms with Crippen LogP contribution in [0.2, 0.25) is 18.1 Å². The molecule has 4 nitrogen and oxygen atoms in total. The number of esters is 1. The molecule has 0 saturated heterocycles. The van der Waals surface area contributed by atoms with Gasteiger partial charge in [0.1, 0.15) is 0 Å². The third-order valence-corrected chi connectivity index (χ3v) is 9.02. The summed E-state index contributed by atoms with van der Waals surface area (Å²) in [6, 6.07) is 0. The van der Waals surface area contributed by atoms with E-state index in [-0.39, 0.29) is 16.7 Å². The molecule has 0 aromatic carbocycles. The first-order valence-corrected chi connectivity index (χ1v) is 11.0. The minimum absolute atomic E-state index is 0.0581. The van der Waals surface area contributed by atoms with Crippen molar-refractivity contribution in [1.82, 2.24) is 0 Å². The van der Waals surface area contributed by atoms with Gasteiger partial charge in [0.2, 0.25) is 0 Å². The van der Waals surface area contributed by atoms with Crippen molar-refractivity contribution in [2.24, 2.45) is 0 Å². The van der Waals surface area contributed by atoms with E-state index in [4.69, 9.17) is 4.43 Å². The highest BCUT2D eigenvalue weighted by Gasteiger charge is 2.39. The average Bonchev–Trinajstić information content (AvgIpc) is 2.41. The van der Waals surface area contributed by atoms with Crippen molar-refractivity contribution in [3.05, 3.63) is 12.2 Å². The molecule has 0 heterocycles. The van der Waals surface area contributed by atoms with Crippen molar-refractivity contribution in [2.75, 3.05) is 7.11 Å². The number of hydrogen-bond donors (Lipinski definition) is 1. The topological polar surface area (TPSA) is 55.8 Å². The molecule has 0 aliphatic heterocycles. The maximum Gasteiger partial charge on any atom is 0.335 e. The number of rotatable bonds is 9. The number of hydrogen-bond acceptors (Lipinski definition) is 4. The minimum atomic E-state index is -1.91. The lowest BCUT2D eigenvalue weighted by atomic mass is 10.0. The molecule has 5 heteroatoms. The molecule has 22 heavy (non-hydrogen) atoms. The Morgan fingerprint density at radius 3 is 2.27 bits per heavy atom. The van der Waals surface area contributed by atoms with Gasteiger partial charge >= 0.3 is 5.97 Å². The summed E-state index contributed by atoms with van der Waals surface area (Å²) in [5.41, 5.74) is 0.0998. The number of ether oxygens (including phenoxy) is 1. The quantitative estimate of drug-likeness (QED) is 0.394. The maximum atomic E-state index is 11.5. The molecule has 130 valence electrons. The van der Waals surface area contributed by atoms with Gasteiger partial charge in [-0.25, -0.2) is 4.79 Å². The molecule has 2 unspecified atom stereocenters. The lowest BCUT2D eigenvalue weighted by molar-refractivity contribution is -0.137. The molecule has 0 fully saturated rings. The molecule has 0 amide bonds. The first-order chi connectivity index (χ1) is 9.96. The largest absolute Gasteiger partial charge is 0.466 e. The third kappa shape index (κ3) is 6.63. The van der Waals surface area contributed by atoms with Gasteiger partial charge in [-0.3, -0.25) is 0 Å². The Balaban J connectivity index is 4.92. The number of carbonyl (C=O) groups excluding carboxylic acids is 1. The Morgan fingerprint density at radius 1 is 1.32 bits per heavy atom. The summed E-state index contributed by atoms with van der Waals surface area (Å²) in [6.07, 6.45) is 2.41. The summed E-state index contributed by atoms with van der Waals surface area (Å²) in [5, 5.41) is 10.3. The number of unbranched alkanes of at least 4 members (excludes halogenated alkanes) is 1. The van der Waals surface area contributed by atoms with E-state index in [9.17, 15) is 9.90 Å². The van der Waals surface area contributed by atoms with Crippen LogP contribution in [-0.4, -0.2) is 38.7 Å². The highest BCUT2D eigenvalue weighted by Crippen LogP contribution is 2.38. The zero-order valence-corrected chi connectivity index (χ0v) is 16.4. The highest BCUT2D eigenvalue weighted by atomic mass is 28.4. The second-order valence-electron chi connectivity index (χ2n) is 7.41. The first kappa shape index (κ1) is 21.3. The van der Waals surface area contributed by atoms with Gasteiger partial charge in [0, 0.05) is 12.5 Å². The van der Waals surface area contributed by atoms with E-state index in [1.54, 1.807) is 0 Å². The van der Waals surface area contributed by atoms with Gasteiger partial charge < -0.3 is 14.3 Å². The van der Waals surface area contributed by atoms with Crippen LogP contribution in [0, 0.1) is 0 Å². The summed E-state index contributed by atoms with van der Waals surface area (Å²) in [4.78, 5) is 11.5. The maximum absolute atomic E-state index is 11.5. The van der Waals surface area contributed by atoms with Crippen LogP contribution >= 0.6 is 0 Å². The predicted octanol–water partition coefficient (Wildman–Crippen LogP) is 4.05.